The van der Waals surface area contributed by atoms with Gasteiger partial charge in [-0.05, 0) is 31.0 Å². The van der Waals surface area contributed by atoms with Gasteiger partial charge >= 0.3 is 0 Å². The molecule has 1 aromatic heterocycles. The Morgan fingerprint density at radius 3 is 2.89 bits per heavy atom. The van der Waals surface area contributed by atoms with Gasteiger partial charge in [0.1, 0.15) is 5.01 Å². The van der Waals surface area contributed by atoms with Crippen molar-refractivity contribution in [1.29, 1.82) is 0 Å². The second kappa shape index (κ2) is 5.84. The van der Waals surface area contributed by atoms with Crippen molar-refractivity contribution in [2.75, 3.05) is 5.73 Å². The lowest BCUT2D eigenvalue weighted by Crippen LogP contribution is -2.23. The summed E-state index contributed by atoms with van der Waals surface area (Å²) in [5, 5.41) is 3.75. The summed E-state index contributed by atoms with van der Waals surface area (Å²) in [6, 6.07) is 5.43. The Morgan fingerprint density at radius 2 is 2.26 bits per heavy atom. The average molecular weight is 275 g/mol. The molecule has 0 spiro atoms. The number of nitrogen functional groups attached to an aromatic ring is 1. The number of carbonyl (C=O) groups excluding carboxylic acids is 1. The third-order valence-electron chi connectivity index (χ3n) is 2.80. The van der Waals surface area contributed by atoms with E-state index >= 15 is 0 Å². The van der Waals surface area contributed by atoms with Gasteiger partial charge in [-0.3, -0.25) is 4.79 Å². The first kappa shape index (κ1) is 13.5. The lowest BCUT2D eigenvalue weighted by Gasteiger charge is -2.06. The topological polar surface area (TPSA) is 68.0 Å². The molecule has 1 aromatic carbocycles. The molecule has 4 nitrogen and oxygen atoms in total. The lowest BCUT2D eigenvalue weighted by molar-refractivity contribution is 0.0952. The van der Waals surface area contributed by atoms with E-state index in [2.05, 4.69) is 17.2 Å². The maximum absolute atomic E-state index is 12.0. The third kappa shape index (κ3) is 3.32. The van der Waals surface area contributed by atoms with Crippen molar-refractivity contribution >= 4 is 22.9 Å². The van der Waals surface area contributed by atoms with Crippen LogP contribution in [0, 0.1) is 6.92 Å². The Bertz CT molecular complexity index is 592. The maximum atomic E-state index is 12.0. The van der Waals surface area contributed by atoms with Crippen LogP contribution < -0.4 is 11.1 Å². The summed E-state index contributed by atoms with van der Waals surface area (Å²) in [7, 11) is 0. The monoisotopic (exact) mass is 275 g/mol. The fourth-order valence-corrected chi connectivity index (χ4v) is 2.54. The lowest BCUT2D eigenvalue weighted by atomic mass is 10.1. The number of nitrogens with zero attached hydrogens (tertiary/aromatic N) is 1. The molecular formula is C14H17N3OS. The largest absolute Gasteiger partial charge is 0.398 e. The van der Waals surface area contributed by atoms with Crippen LogP contribution in [0.1, 0.15) is 32.7 Å². The molecule has 0 unspecified atom stereocenters. The van der Waals surface area contributed by atoms with E-state index < -0.39 is 0 Å². The van der Waals surface area contributed by atoms with Crippen molar-refractivity contribution in [3.8, 4) is 0 Å². The first-order chi connectivity index (χ1) is 9.10. The number of nitrogens with two attached hydrogens (primary N) is 1. The van der Waals surface area contributed by atoms with Crippen LogP contribution in [0.5, 0.6) is 0 Å². The van der Waals surface area contributed by atoms with E-state index in [4.69, 9.17) is 5.73 Å². The van der Waals surface area contributed by atoms with E-state index in [0.29, 0.717) is 17.8 Å². The van der Waals surface area contributed by atoms with Gasteiger partial charge in [-0.2, -0.15) is 0 Å². The summed E-state index contributed by atoms with van der Waals surface area (Å²) in [5.41, 5.74) is 7.90. The number of hydrogen-bond donors (Lipinski definition) is 2. The predicted octanol–water partition coefficient (Wildman–Crippen LogP) is 2.53. The molecule has 1 heterocycles. The van der Waals surface area contributed by atoms with Crippen molar-refractivity contribution in [1.82, 2.24) is 10.3 Å². The van der Waals surface area contributed by atoms with E-state index in [1.807, 2.05) is 19.2 Å². The molecule has 5 heteroatoms. The van der Waals surface area contributed by atoms with Crippen LogP contribution in [0.4, 0.5) is 5.69 Å². The highest BCUT2D eigenvalue weighted by molar-refractivity contribution is 7.11. The van der Waals surface area contributed by atoms with Gasteiger partial charge in [-0.25, -0.2) is 4.98 Å². The summed E-state index contributed by atoms with van der Waals surface area (Å²) >= 11 is 1.62. The van der Waals surface area contributed by atoms with Gasteiger partial charge in [-0.1, -0.05) is 13.0 Å². The zero-order valence-electron chi connectivity index (χ0n) is 11.1. The van der Waals surface area contributed by atoms with E-state index in [1.54, 1.807) is 23.5 Å². The average Bonchev–Trinajstić information content (AvgIpc) is 2.84. The summed E-state index contributed by atoms with van der Waals surface area (Å²) in [4.78, 5) is 17.5. The molecule has 0 saturated carbocycles. The Morgan fingerprint density at radius 1 is 1.47 bits per heavy atom. The van der Waals surface area contributed by atoms with Gasteiger partial charge in [0, 0.05) is 16.8 Å². The first-order valence-electron chi connectivity index (χ1n) is 6.18. The van der Waals surface area contributed by atoms with E-state index in [1.165, 1.54) is 4.88 Å². The highest BCUT2D eigenvalue weighted by atomic mass is 32.1. The zero-order valence-corrected chi connectivity index (χ0v) is 11.9. The summed E-state index contributed by atoms with van der Waals surface area (Å²) < 4.78 is 0. The van der Waals surface area contributed by atoms with Gasteiger partial charge in [0.2, 0.25) is 0 Å². The van der Waals surface area contributed by atoms with Crippen LogP contribution in [0.2, 0.25) is 0 Å². The molecule has 0 aliphatic heterocycles. The highest BCUT2D eigenvalue weighted by Crippen LogP contribution is 2.15. The second-order valence-corrected chi connectivity index (χ2v) is 5.55. The number of nitrogens with one attached hydrogen (secondary N) is 1. The number of aryl methyl sites for hydroxylation is 2. The van der Waals surface area contributed by atoms with Crippen LogP contribution >= 0.6 is 11.3 Å². The molecule has 0 bridgehead atoms. The summed E-state index contributed by atoms with van der Waals surface area (Å²) in [6.07, 6.45) is 2.82. The number of thiazole rings is 1. The molecule has 0 aliphatic carbocycles. The van der Waals surface area contributed by atoms with Gasteiger partial charge in [0.05, 0.1) is 12.1 Å². The van der Waals surface area contributed by atoms with Crippen molar-refractivity contribution in [2.24, 2.45) is 0 Å². The number of aromatic nitrogens is 1. The Labute approximate surface area is 116 Å². The van der Waals surface area contributed by atoms with Crippen molar-refractivity contribution in [3.63, 3.8) is 0 Å². The zero-order chi connectivity index (χ0) is 13.8. The number of benzene rings is 1. The van der Waals surface area contributed by atoms with E-state index in [-0.39, 0.29) is 5.91 Å². The van der Waals surface area contributed by atoms with E-state index in [0.717, 1.165) is 17.0 Å². The van der Waals surface area contributed by atoms with Gasteiger partial charge in [-0.15, -0.1) is 11.3 Å². The summed E-state index contributed by atoms with van der Waals surface area (Å²) in [5.74, 6) is -0.161. The number of amides is 1. The fraction of sp³-hybridized carbons (Fsp3) is 0.286. The molecule has 0 atom stereocenters. The van der Waals surface area contributed by atoms with Gasteiger partial charge in [0.15, 0.2) is 0 Å². The molecule has 0 radical (unpaired) electrons. The molecule has 1 amide bonds. The van der Waals surface area contributed by atoms with Crippen molar-refractivity contribution in [3.05, 3.63) is 45.4 Å². The smallest absolute Gasteiger partial charge is 0.253 e. The van der Waals surface area contributed by atoms with Gasteiger partial charge < -0.3 is 11.1 Å². The Hall–Kier alpha value is -1.88. The minimum Gasteiger partial charge on any atom is -0.398 e. The van der Waals surface area contributed by atoms with Crippen molar-refractivity contribution in [2.45, 2.75) is 26.8 Å². The molecule has 100 valence electrons. The predicted molar refractivity (Wildman–Crippen MR) is 78.3 cm³/mol. The fourth-order valence-electron chi connectivity index (χ4n) is 1.73. The van der Waals surface area contributed by atoms with Crippen LogP contribution in [0.15, 0.2) is 24.4 Å². The quantitative estimate of drug-likeness (QED) is 0.842. The molecule has 2 aromatic rings. The van der Waals surface area contributed by atoms with E-state index in [9.17, 15) is 4.79 Å². The minimum atomic E-state index is -0.161. The van der Waals surface area contributed by atoms with Crippen LogP contribution in [-0.2, 0) is 13.0 Å². The number of carbonyl (C=O) groups is 1. The third-order valence-corrected chi connectivity index (χ3v) is 3.94. The first-order valence-corrected chi connectivity index (χ1v) is 6.99. The molecule has 2 rings (SSSR count). The molecule has 0 fully saturated rings. The number of hydrogen-bond acceptors (Lipinski definition) is 4. The normalized spacial score (nSPS) is 10.4. The Balaban J connectivity index is 2.01. The SMILES string of the molecule is CCc1cnc(CNC(=O)c2ccc(C)cc2N)s1. The molecule has 19 heavy (non-hydrogen) atoms. The molecular weight excluding hydrogens is 258 g/mol. The second-order valence-electron chi connectivity index (χ2n) is 4.35. The summed E-state index contributed by atoms with van der Waals surface area (Å²) in [6.45, 7) is 4.47. The Kier molecular flexibility index (Phi) is 4.16. The van der Waals surface area contributed by atoms with Crippen LogP contribution in [-0.4, -0.2) is 10.9 Å². The number of rotatable bonds is 4. The van der Waals surface area contributed by atoms with Crippen LogP contribution in [0.25, 0.3) is 0 Å². The van der Waals surface area contributed by atoms with Crippen molar-refractivity contribution < 1.29 is 4.79 Å². The van der Waals surface area contributed by atoms with Gasteiger partial charge in [0.25, 0.3) is 5.91 Å². The molecule has 3 N–H and O–H groups in total. The molecule has 0 saturated heterocycles. The maximum Gasteiger partial charge on any atom is 0.253 e. The minimum absolute atomic E-state index is 0.161. The highest BCUT2D eigenvalue weighted by Gasteiger charge is 2.10. The van der Waals surface area contributed by atoms with Crippen LogP contribution in [0.3, 0.4) is 0 Å². The standard InChI is InChI=1S/C14H17N3OS/c1-3-10-7-16-13(19-10)8-17-14(18)11-5-4-9(2)6-12(11)15/h4-7H,3,8,15H2,1-2H3,(H,17,18). The number of anilines is 1. The molecule has 0 aliphatic rings.